The van der Waals surface area contributed by atoms with Crippen LogP contribution in [0.2, 0.25) is 0 Å². The fraction of sp³-hybridized carbons (Fsp3) is 0.250. The first-order chi connectivity index (χ1) is 17.3. The molecule has 2 N–H and O–H groups in total. The standard InChI is InChI=1S/C24H20N2O10/c1-2-24(23(32)36-34,22(31)16-5-9-18(10-6-16)26-14-28)19(11-12-20(29)35-33)21(30)15-3-7-17(8-4-15)25-13-27/h3-10,19,33-34H,2,11-12H2,1H3. The molecule has 0 amide bonds. The van der Waals surface area contributed by atoms with Crippen LogP contribution in [-0.4, -0.2) is 46.2 Å². The van der Waals surface area contributed by atoms with Gasteiger partial charge in [0.25, 0.3) is 0 Å². The molecule has 36 heavy (non-hydrogen) atoms. The number of hydrogen-bond donors (Lipinski definition) is 2. The van der Waals surface area contributed by atoms with Crippen LogP contribution in [0, 0.1) is 11.3 Å². The van der Waals surface area contributed by atoms with Crippen molar-refractivity contribution in [1.82, 2.24) is 0 Å². The molecule has 0 heterocycles. The highest BCUT2D eigenvalue weighted by molar-refractivity contribution is 6.17. The van der Waals surface area contributed by atoms with Gasteiger partial charge >= 0.3 is 11.9 Å². The molecule has 2 aromatic rings. The maximum atomic E-state index is 13.7. The molecule has 0 spiro atoms. The molecule has 2 atom stereocenters. The first kappa shape index (κ1) is 27.6. The molecular weight excluding hydrogens is 476 g/mol. The SMILES string of the molecule is CCC(C(=O)OO)(C(=O)c1ccc(N=C=O)cc1)C(CCC(=O)OO)C(=O)c1ccc(N=C=O)cc1. The average molecular weight is 496 g/mol. The highest BCUT2D eigenvalue weighted by Crippen LogP contribution is 2.42. The molecule has 0 aliphatic carbocycles. The van der Waals surface area contributed by atoms with E-state index in [4.69, 9.17) is 5.26 Å². The summed E-state index contributed by atoms with van der Waals surface area (Å²) in [4.78, 5) is 87.3. The van der Waals surface area contributed by atoms with Gasteiger partial charge in [0.2, 0.25) is 12.2 Å². The van der Waals surface area contributed by atoms with E-state index in [-0.39, 0.29) is 28.9 Å². The minimum absolute atomic E-state index is 0.00533. The number of benzene rings is 2. The van der Waals surface area contributed by atoms with Gasteiger partial charge in [-0.3, -0.25) is 14.5 Å². The van der Waals surface area contributed by atoms with Crippen molar-refractivity contribution in [2.45, 2.75) is 26.2 Å². The van der Waals surface area contributed by atoms with E-state index in [1.165, 1.54) is 67.6 Å². The maximum absolute atomic E-state index is 13.7. The minimum Gasteiger partial charge on any atom is -0.301 e. The van der Waals surface area contributed by atoms with Gasteiger partial charge in [0, 0.05) is 23.5 Å². The zero-order chi connectivity index (χ0) is 26.7. The largest absolute Gasteiger partial charge is 0.356 e. The fourth-order valence-corrected chi connectivity index (χ4v) is 3.89. The lowest BCUT2D eigenvalue weighted by Gasteiger charge is -2.34. The monoisotopic (exact) mass is 496 g/mol. The van der Waals surface area contributed by atoms with E-state index in [2.05, 4.69) is 19.8 Å². The Bertz CT molecular complexity index is 1230. The van der Waals surface area contributed by atoms with Gasteiger partial charge < -0.3 is 4.89 Å². The first-order valence-corrected chi connectivity index (χ1v) is 10.4. The third-order valence-electron chi connectivity index (χ3n) is 5.69. The van der Waals surface area contributed by atoms with E-state index >= 15 is 0 Å². The van der Waals surface area contributed by atoms with Crippen molar-refractivity contribution in [2.24, 2.45) is 21.3 Å². The molecule has 0 bridgehead atoms. The number of Topliss-reactive ketones (excluding diaryl/α,β-unsaturated/α-hetero) is 2. The van der Waals surface area contributed by atoms with E-state index < -0.39 is 47.7 Å². The highest BCUT2D eigenvalue weighted by atomic mass is 17.1. The Morgan fingerprint density at radius 3 is 1.78 bits per heavy atom. The summed E-state index contributed by atoms with van der Waals surface area (Å²) < 4.78 is 0. The Morgan fingerprint density at radius 1 is 0.861 bits per heavy atom. The molecule has 12 heteroatoms. The quantitative estimate of drug-likeness (QED) is 0.110. The third kappa shape index (κ3) is 5.90. The summed E-state index contributed by atoms with van der Waals surface area (Å²) in [5.74, 6) is -5.83. The number of isocyanates is 2. The summed E-state index contributed by atoms with van der Waals surface area (Å²) in [6, 6.07) is 10.3. The second-order valence-corrected chi connectivity index (χ2v) is 7.45. The molecule has 0 saturated carbocycles. The van der Waals surface area contributed by atoms with Crippen LogP contribution >= 0.6 is 0 Å². The maximum Gasteiger partial charge on any atom is 0.356 e. The summed E-state index contributed by atoms with van der Waals surface area (Å²) in [5.41, 5.74) is -2.03. The predicted molar refractivity (Wildman–Crippen MR) is 120 cm³/mol. The Labute approximate surface area is 203 Å². The second kappa shape index (κ2) is 12.7. The van der Waals surface area contributed by atoms with Crippen molar-refractivity contribution >= 4 is 47.0 Å². The number of carbonyl (C=O) groups excluding carboxylic acids is 6. The molecule has 186 valence electrons. The second-order valence-electron chi connectivity index (χ2n) is 7.45. The summed E-state index contributed by atoms with van der Waals surface area (Å²) in [6.07, 6.45) is 1.34. The fourth-order valence-electron chi connectivity index (χ4n) is 3.89. The summed E-state index contributed by atoms with van der Waals surface area (Å²) in [7, 11) is 0. The smallest absolute Gasteiger partial charge is 0.301 e. The van der Waals surface area contributed by atoms with Gasteiger partial charge in [-0.15, -0.1) is 0 Å². The van der Waals surface area contributed by atoms with E-state index in [1.807, 2.05) is 0 Å². The van der Waals surface area contributed by atoms with Crippen LogP contribution in [0.25, 0.3) is 0 Å². The Hall–Kier alpha value is -4.60. The van der Waals surface area contributed by atoms with Crippen molar-refractivity contribution in [1.29, 1.82) is 0 Å². The number of aliphatic imine (C=N–C) groups is 2. The molecule has 0 aliphatic rings. The van der Waals surface area contributed by atoms with E-state index in [0.717, 1.165) is 0 Å². The summed E-state index contributed by atoms with van der Waals surface area (Å²) >= 11 is 0. The van der Waals surface area contributed by atoms with Crippen molar-refractivity contribution in [3.63, 3.8) is 0 Å². The number of carbonyl (C=O) groups is 4. The number of ketones is 2. The predicted octanol–water partition coefficient (Wildman–Crippen LogP) is 3.51. The zero-order valence-corrected chi connectivity index (χ0v) is 18.9. The molecule has 2 unspecified atom stereocenters. The highest BCUT2D eigenvalue weighted by Gasteiger charge is 2.55. The number of rotatable bonds is 12. The van der Waals surface area contributed by atoms with Crippen LogP contribution in [0.4, 0.5) is 11.4 Å². The van der Waals surface area contributed by atoms with E-state index in [1.54, 1.807) is 0 Å². The van der Waals surface area contributed by atoms with Crippen LogP contribution in [0.15, 0.2) is 58.5 Å². The van der Waals surface area contributed by atoms with Gasteiger partial charge in [-0.05, 0) is 61.4 Å². The minimum atomic E-state index is -2.31. The van der Waals surface area contributed by atoms with Gasteiger partial charge in [0.1, 0.15) is 5.41 Å². The van der Waals surface area contributed by atoms with Gasteiger partial charge in [0.05, 0.1) is 11.4 Å². The van der Waals surface area contributed by atoms with Crippen molar-refractivity contribution in [3.8, 4) is 0 Å². The molecule has 0 saturated heterocycles. The van der Waals surface area contributed by atoms with E-state index in [0.29, 0.717) is 0 Å². The lowest BCUT2D eigenvalue weighted by atomic mass is 9.64. The Kier molecular flexibility index (Phi) is 9.79. The molecule has 0 aliphatic heterocycles. The number of hydrogen-bond acceptors (Lipinski definition) is 12. The van der Waals surface area contributed by atoms with Crippen LogP contribution in [0.1, 0.15) is 46.9 Å². The molecule has 0 fully saturated rings. The molecule has 2 aromatic carbocycles. The molecule has 12 nitrogen and oxygen atoms in total. The summed E-state index contributed by atoms with van der Waals surface area (Å²) in [6.45, 7) is 1.41. The van der Waals surface area contributed by atoms with Gasteiger partial charge in [-0.1, -0.05) is 6.92 Å². The lowest BCUT2D eigenvalue weighted by Crippen LogP contribution is -2.49. The van der Waals surface area contributed by atoms with Crippen LogP contribution in [-0.2, 0) is 29.0 Å². The first-order valence-electron chi connectivity index (χ1n) is 10.4. The van der Waals surface area contributed by atoms with Crippen LogP contribution in [0.3, 0.4) is 0 Å². The molecule has 2 rings (SSSR count). The molecule has 0 aromatic heterocycles. The number of nitrogens with zero attached hydrogens (tertiary/aromatic N) is 2. The van der Waals surface area contributed by atoms with Crippen LogP contribution in [0.5, 0.6) is 0 Å². The Balaban J connectivity index is 2.67. The van der Waals surface area contributed by atoms with Crippen molar-refractivity contribution < 1.29 is 49.1 Å². The van der Waals surface area contributed by atoms with Gasteiger partial charge in [-0.25, -0.2) is 19.2 Å². The molecular formula is C24H20N2O10. The van der Waals surface area contributed by atoms with Crippen molar-refractivity contribution in [3.05, 3.63) is 59.7 Å². The van der Waals surface area contributed by atoms with Gasteiger partial charge in [-0.2, -0.15) is 20.5 Å². The van der Waals surface area contributed by atoms with E-state index in [9.17, 15) is 34.0 Å². The lowest BCUT2D eigenvalue weighted by molar-refractivity contribution is -0.245. The Morgan fingerprint density at radius 2 is 1.36 bits per heavy atom. The van der Waals surface area contributed by atoms with Crippen LogP contribution < -0.4 is 0 Å². The summed E-state index contributed by atoms with van der Waals surface area (Å²) in [5, 5.41) is 17.9. The topological polar surface area (TPSA) is 186 Å². The average Bonchev–Trinajstić information content (AvgIpc) is 2.91. The third-order valence-corrected chi connectivity index (χ3v) is 5.69. The van der Waals surface area contributed by atoms with Gasteiger partial charge in [0.15, 0.2) is 11.6 Å². The normalized spacial score (nSPS) is 12.6. The van der Waals surface area contributed by atoms with Crippen molar-refractivity contribution in [2.75, 3.05) is 0 Å². The molecule has 0 radical (unpaired) electrons. The zero-order valence-electron chi connectivity index (χ0n) is 18.9.